The third-order valence-electron chi connectivity index (χ3n) is 4.69. The molecule has 1 heterocycles. The number of nitro groups is 2. The summed E-state index contributed by atoms with van der Waals surface area (Å²) in [7, 11) is 2.10. The number of hydrogen-bond donors (Lipinski definition) is 0. The summed E-state index contributed by atoms with van der Waals surface area (Å²) in [6.45, 7) is 4.68. The molecule has 3 rings (SSSR count). The van der Waals surface area contributed by atoms with Crippen LogP contribution in [0.4, 0.5) is 11.4 Å². The first kappa shape index (κ1) is 18.0. The summed E-state index contributed by atoms with van der Waals surface area (Å²) in [5.74, 6) is 0. The third-order valence-corrected chi connectivity index (χ3v) is 4.69. The fourth-order valence-electron chi connectivity index (χ4n) is 3.18. The normalized spacial score (nSPS) is 15.7. The molecule has 0 unspecified atom stereocenters. The van der Waals surface area contributed by atoms with E-state index in [-0.39, 0.29) is 0 Å². The number of hydrogen-bond acceptors (Lipinski definition) is 6. The molecule has 2 aromatic carbocycles. The van der Waals surface area contributed by atoms with E-state index in [1.165, 1.54) is 12.1 Å². The highest BCUT2D eigenvalue weighted by Gasteiger charge is 2.25. The summed E-state index contributed by atoms with van der Waals surface area (Å²) in [5.41, 5.74) is 1.56. The minimum Gasteiger partial charge on any atom is -0.304 e. The number of nitrogens with zero attached hydrogens (tertiary/aromatic N) is 4. The van der Waals surface area contributed by atoms with Gasteiger partial charge in [-0.25, -0.2) is 0 Å². The Bertz CT molecular complexity index is 832. The number of likely N-dealkylation sites (N-methyl/N-ethyl adjacent to an activating group) is 1. The quantitative estimate of drug-likeness (QED) is 0.604. The Morgan fingerprint density at radius 1 is 0.923 bits per heavy atom. The van der Waals surface area contributed by atoms with Crippen LogP contribution >= 0.6 is 0 Å². The van der Waals surface area contributed by atoms with Crippen LogP contribution in [0.5, 0.6) is 0 Å². The van der Waals surface area contributed by atoms with E-state index in [0.717, 1.165) is 43.9 Å². The first-order valence-electron chi connectivity index (χ1n) is 8.37. The smallest absolute Gasteiger partial charge is 0.304 e. The lowest BCUT2D eigenvalue weighted by atomic mass is 9.98. The highest BCUT2D eigenvalue weighted by Crippen LogP contribution is 2.33. The van der Waals surface area contributed by atoms with Gasteiger partial charge in [0.15, 0.2) is 0 Å². The lowest BCUT2D eigenvalue weighted by Crippen LogP contribution is -2.43. The lowest BCUT2D eigenvalue weighted by molar-refractivity contribution is -0.422. The molecule has 8 heteroatoms. The maximum Gasteiger partial charge on any atom is 0.346 e. The molecule has 1 aliphatic rings. The van der Waals surface area contributed by atoms with Gasteiger partial charge in [0.1, 0.15) is 0 Å². The molecule has 0 radical (unpaired) electrons. The number of piperazine rings is 1. The van der Waals surface area contributed by atoms with Crippen molar-refractivity contribution in [3.63, 3.8) is 0 Å². The van der Waals surface area contributed by atoms with Gasteiger partial charge in [0.25, 0.3) is 0 Å². The predicted molar refractivity (Wildman–Crippen MR) is 98.0 cm³/mol. The van der Waals surface area contributed by atoms with Crippen molar-refractivity contribution in [1.29, 1.82) is 0 Å². The molecular weight excluding hydrogens is 336 g/mol. The first-order chi connectivity index (χ1) is 12.5. The molecule has 0 aromatic heterocycles. The predicted octanol–water partition coefficient (Wildman–Crippen LogP) is 2.92. The molecule has 0 saturated carbocycles. The molecule has 0 bridgehead atoms. The van der Waals surface area contributed by atoms with Gasteiger partial charge in [0.2, 0.25) is 0 Å². The molecule has 2 aromatic rings. The van der Waals surface area contributed by atoms with E-state index >= 15 is 0 Å². The van der Waals surface area contributed by atoms with Crippen LogP contribution in [0.1, 0.15) is 5.56 Å². The van der Waals surface area contributed by atoms with Gasteiger partial charge in [-0.05, 0) is 29.8 Å². The Kier molecular flexibility index (Phi) is 5.24. The highest BCUT2D eigenvalue weighted by molar-refractivity contribution is 5.72. The van der Waals surface area contributed by atoms with Gasteiger partial charge in [-0.15, -0.1) is 0 Å². The van der Waals surface area contributed by atoms with Crippen molar-refractivity contribution < 1.29 is 9.85 Å². The molecule has 1 aliphatic heterocycles. The summed E-state index contributed by atoms with van der Waals surface area (Å²) in [5, 5.41) is 22.3. The molecule has 1 fully saturated rings. The van der Waals surface area contributed by atoms with Gasteiger partial charge in [0, 0.05) is 44.9 Å². The zero-order chi connectivity index (χ0) is 18.7. The largest absolute Gasteiger partial charge is 0.346 e. The topological polar surface area (TPSA) is 92.8 Å². The number of benzene rings is 2. The summed E-state index contributed by atoms with van der Waals surface area (Å²) < 4.78 is 0. The third kappa shape index (κ3) is 3.87. The molecule has 0 N–H and O–H groups in total. The zero-order valence-electron chi connectivity index (χ0n) is 14.5. The van der Waals surface area contributed by atoms with Crippen LogP contribution in [0.25, 0.3) is 11.1 Å². The van der Waals surface area contributed by atoms with Crippen LogP contribution in [0.3, 0.4) is 0 Å². The van der Waals surface area contributed by atoms with E-state index < -0.39 is 21.2 Å². The van der Waals surface area contributed by atoms with E-state index in [2.05, 4.69) is 16.8 Å². The zero-order valence-corrected chi connectivity index (χ0v) is 14.5. The Morgan fingerprint density at radius 3 is 2.23 bits per heavy atom. The first-order valence-corrected chi connectivity index (χ1v) is 8.37. The van der Waals surface area contributed by atoms with Crippen LogP contribution in [0.2, 0.25) is 0 Å². The summed E-state index contributed by atoms with van der Waals surface area (Å²) in [6, 6.07) is 11.8. The van der Waals surface area contributed by atoms with Crippen molar-refractivity contribution in [3.8, 4) is 11.1 Å². The molecule has 26 heavy (non-hydrogen) atoms. The minimum absolute atomic E-state index is 0.484. The van der Waals surface area contributed by atoms with E-state index in [1.807, 2.05) is 24.3 Å². The van der Waals surface area contributed by atoms with Crippen molar-refractivity contribution in [2.24, 2.45) is 0 Å². The molecule has 1 saturated heterocycles. The van der Waals surface area contributed by atoms with Gasteiger partial charge in [-0.2, -0.15) is 0 Å². The van der Waals surface area contributed by atoms with Crippen molar-refractivity contribution in [2.75, 3.05) is 33.2 Å². The SMILES string of the molecule is CN1CCN(Cc2ccccc2-c2ccc([N+](=O)[O-])c([N+](=O)[O-])c2)CC1. The molecule has 0 amide bonds. The number of nitro benzene ring substituents is 2. The molecule has 8 nitrogen and oxygen atoms in total. The standard InChI is InChI=1S/C18H20N4O4/c1-19-8-10-20(11-9-19)13-15-4-2-3-5-16(15)14-6-7-17(21(23)24)18(12-14)22(25)26/h2-7,12H,8-11,13H2,1H3. The molecule has 0 aliphatic carbocycles. The van der Waals surface area contributed by atoms with Crippen LogP contribution in [0, 0.1) is 20.2 Å². The monoisotopic (exact) mass is 356 g/mol. The summed E-state index contributed by atoms with van der Waals surface area (Å²) >= 11 is 0. The van der Waals surface area contributed by atoms with E-state index in [9.17, 15) is 20.2 Å². The fourth-order valence-corrected chi connectivity index (χ4v) is 3.18. The Morgan fingerprint density at radius 2 is 1.58 bits per heavy atom. The van der Waals surface area contributed by atoms with Crippen LogP contribution in [-0.2, 0) is 6.54 Å². The summed E-state index contributed by atoms with van der Waals surface area (Å²) in [4.78, 5) is 25.4. The fraction of sp³-hybridized carbons (Fsp3) is 0.333. The summed E-state index contributed by atoms with van der Waals surface area (Å²) in [6.07, 6.45) is 0. The van der Waals surface area contributed by atoms with Crippen LogP contribution in [-0.4, -0.2) is 52.9 Å². The second-order valence-corrected chi connectivity index (χ2v) is 6.45. The van der Waals surface area contributed by atoms with Crippen molar-refractivity contribution in [2.45, 2.75) is 6.54 Å². The van der Waals surface area contributed by atoms with Gasteiger partial charge < -0.3 is 4.90 Å². The van der Waals surface area contributed by atoms with E-state index in [1.54, 1.807) is 6.07 Å². The number of rotatable bonds is 5. The molecular formula is C18H20N4O4. The molecule has 136 valence electrons. The Labute approximate surface area is 150 Å². The van der Waals surface area contributed by atoms with Gasteiger partial charge in [0.05, 0.1) is 9.85 Å². The molecule has 0 spiro atoms. The van der Waals surface area contributed by atoms with E-state index in [4.69, 9.17) is 0 Å². The van der Waals surface area contributed by atoms with Crippen LogP contribution in [0.15, 0.2) is 42.5 Å². The average Bonchev–Trinajstić information content (AvgIpc) is 2.63. The second kappa shape index (κ2) is 7.59. The van der Waals surface area contributed by atoms with Crippen molar-refractivity contribution in [1.82, 2.24) is 9.80 Å². The maximum absolute atomic E-state index is 11.2. The second-order valence-electron chi connectivity index (χ2n) is 6.45. The van der Waals surface area contributed by atoms with Gasteiger partial charge in [-0.3, -0.25) is 25.1 Å². The van der Waals surface area contributed by atoms with E-state index in [0.29, 0.717) is 5.56 Å². The minimum atomic E-state index is -0.724. The van der Waals surface area contributed by atoms with Crippen molar-refractivity contribution in [3.05, 3.63) is 68.3 Å². The van der Waals surface area contributed by atoms with Crippen LogP contribution < -0.4 is 0 Å². The average molecular weight is 356 g/mol. The Balaban J connectivity index is 1.93. The Hall–Kier alpha value is -2.84. The van der Waals surface area contributed by atoms with Gasteiger partial charge >= 0.3 is 11.4 Å². The lowest BCUT2D eigenvalue weighted by Gasteiger charge is -2.32. The molecule has 0 atom stereocenters. The maximum atomic E-state index is 11.2. The highest BCUT2D eigenvalue weighted by atomic mass is 16.6. The van der Waals surface area contributed by atoms with Crippen molar-refractivity contribution >= 4 is 11.4 Å². The van der Waals surface area contributed by atoms with Gasteiger partial charge in [-0.1, -0.05) is 24.3 Å².